The summed E-state index contributed by atoms with van der Waals surface area (Å²) in [4.78, 5) is 12.1. The van der Waals surface area contributed by atoms with Gasteiger partial charge in [-0.25, -0.2) is 8.42 Å². The first-order valence-electron chi connectivity index (χ1n) is 7.19. The second-order valence-corrected chi connectivity index (χ2v) is 7.11. The number of rotatable bonds is 8. The number of methoxy groups -OCH3 is 1. The molecule has 0 saturated heterocycles. The Morgan fingerprint density at radius 1 is 1.36 bits per heavy atom. The Morgan fingerprint density at radius 3 is 2.55 bits per heavy atom. The van der Waals surface area contributed by atoms with Crippen molar-refractivity contribution in [2.24, 2.45) is 0 Å². The van der Waals surface area contributed by atoms with Crippen molar-refractivity contribution in [2.45, 2.75) is 32.7 Å². The molecular weight excluding hydrogens is 304 g/mol. The maximum atomic E-state index is 12.1. The van der Waals surface area contributed by atoms with Crippen LogP contribution < -0.4 is 14.4 Å². The first-order chi connectivity index (χ1) is 10.3. The van der Waals surface area contributed by atoms with Crippen LogP contribution in [0.3, 0.4) is 0 Å². The van der Waals surface area contributed by atoms with E-state index in [0.29, 0.717) is 11.4 Å². The van der Waals surface area contributed by atoms with Crippen molar-refractivity contribution >= 4 is 21.6 Å². The summed E-state index contributed by atoms with van der Waals surface area (Å²) in [7, 11) is -2.14. The van der Waals surface area contributed by atoms with Crippen LogP contribution in [0.15, 0.2) is 24.3 Å². The van der Waals surface area contributed by atoms with Crippen molar-refractivity contribution in [3.8, 4) is 5.75 Å². The Kier molecular flexibility index (Phi) is 6.67. The first kappa shape index (κ1) is 18.3. The smallest absolute Gasteiger partial charge is 0.240 e. The number of amides is 1. The molecule has 0 aliphatic rings. The first-order valence-corrected chi connectivity index (χ1v) is 9.04. The topological polar surface area (TPSA) is 75.7 Å². The van der Waals surface area contributed by atoms with E-state index in [9.17, 15) is 13.2 Å². The van der Waals surface area contributed by atoms with Gasteiger partial charge in [0, 0.05) is 6.04 Å². The number of hydrogen-bond acceptors (Lipinski definition) is 4. The number of carbonyl (C=O) groups is 1. The lowest BCUT2D eigenvalue weighted by atomic mass is 10.2. The van der Waals surface area contributed by atoms with E-state index in [1.54, 1.807) is 24.3 Å². The molecule has 7 heteroatoms. The lowest BCUT2D eigenvalue weighted by molar-refractivity contribution is -0.120. The highest BCUT2D eigenvalue weighted by atomic mass is 32.2. The standard InChI is InChI=1S/C15H24N2O4S/c1-5-8-12(2)16-15(18)11-17(22(4,19)20)13-9-6-7-10-14(13)21-3/h6-7,9-10,12H,5,8,11H2,1-4H3,(H,16,18)/t12-/m0/s1. The van der Waals surface area contributed by atoms with E-state index >= 15 is 0 Å². The average molecular weight is 328 g/mol. The van der Waals surface area contributed by atoms with Gasteiger partial charge in [-0.15, -0.1) is 0 Å². The van der Waals surface area contributed by atoms with Gasteiger partial charge >= 0.3 is 0 Å². The lowest BCUT2D eigenvalue weighted by Crippen LogP contribution is -2.43. The highest BCUT2D eigenvalue weighted by Crippen LogP contribution is 2.29. The van der Waals surface area contributed by atoms with Crippen LogP contribution in [0.4, 0.5) is 5.69 Å². The molecule has 0 bridgehead atoms. The van der Waals surface area contributed by atoms with E-state index in [-0.39, 0.29) is 18.5 Å². The quantitative estimate of drug-likeness (QED) is 0.789. The van der Waals surface area contributed by atoms with E-state index in [0.717, 1.165) is 23.4 Å². The van der Waals surface area contributed by atoms with Gasteiger partial charge in [0.25, 0.3) is 0 Å². The van der Waals surface area contributed by atoms with Crippen molar-refractivity contribution in [2.75, 3.05) is 24.2 Å². The van der Waals surface area contributed by atoms with Crippen molar-refractivity contribution in [3.63, 3.8) is 0 Å². The van der Waals surface area contributed by atoms with Gasteiger partial charge in [0.05, 0.1) is 19.1 Å². The largest absolute Gasteiger partial charge is 0.495 e. The van der Waals surface area contributed by atoms with Crippen LogP contribution in [0.5, 0.6) is 5.75 Å². The molecule has 0 saturated carbocycles. The van der Waals surface area contributed by atoms with Gasteiger partial charge in [-0.3, -0.25) is 9.10 Å². The normalized spacial score (nSPS) is 12.5. The van der Waals surface area contributed by atoms with Gasteiger partial charge in [-0.1, -0.05) is 25.5 Å². The second kappa shape index (κ2) is 8.03. The van der Waals surface area contributed by atoms with Crippen LogP contribution in [0.25, 0.3) is 0 Å². The van der Waals surface area contributed by atoms with Crippen molar-refractivity contribution in [3.05, 3.63) is 24.3 Å². The van der Waals surface area contributed by atoms with Crippen LogP contribution in [0.1, 0.15) is 26.7 Å². The van der Waals surface area contributed by atoms with Gasteiger partial charge in [0.1, 0.15) is 12.3 Å². The number of ether oxygens (including phenoxy) is 1. The number of carbonyl (C=O) groups excluding carboxylic acids is 1. The van der Waals surface area contributed by atoms with E-state index in [4.69, 9.17) is 4.74 Å². The van der Waals surface area contributed by atoms with Crippen LogP contribution in [0.2, 0.25) is 0 Å². The van der Waals surface area contributed by atoms with E-state index in [2.05, 4.69) is 5.32 Å². The number of sulfonamides is 1. The van der Waals surface area contributed by atoms with E-state index in [1.165, 1.54) is 7.11 Å². The zero-order valence-corrected chi connectivity index (χ0v) is 14.3. The Bertz CT molecular complexity index is 601. The molecule has 0 aliphatic heterocycles. The molecule has 1 aromatic carbocycles. The molecule has 1 atom stereocenters. The fraction of sp³-hybridized carbons (Fsp3) is 0.533. The summed E-state index contributed by atoms with van der Waals surface area (Å²) < 4.78 is 30.3. The average Bonchev–Trinajstić information content (AvgIpc) is 2.43. The molecule has 0 aromatic heterocycles. The van der Waals surface area contributed by atoms with Gasteiger partial charge < -0.3 is 10.1 Å². The third kappa shape index (κ3) is 5.22. The van der Waals surface area contributed by atoms with Gasteiger partial charge in [0.2, 0.25) is 15.9 Å². The summed E-state index contributed by atoms with van der Waals surface area (Å²) in [5.74, 6) is 0.0691. The highest BCUT2D eigenvalue weighted by Gasteiger charge is 2.24. The number of nitrogens with one attached hydrogen (secondary N) is 1. The van der Waals surface area contributed by atoms with Crippen molar-refractivity contribution < 1.29 is 17.9 Å². The lowest BCUT2D eigenvalue weighted by Gasteiger charge is -2.24. The molecule has 0 fully saturated rings. The molecular formula is C15H24N2O4S. The summed E-state index contributed by atoms with van der Waals surface area (Å²) in [6.07, 6.45) is 2.87. The number of benzene rings is 1. The van der Waals surface area contributed by atoms with E-state index in [1.807, 2.05) is 13.8 Å². The van der Waals surface area contributed by atoms with Crippen LogP contribution in [-0.4, -0.2) is 40.3 Å². The zero-order valence-electron chi connectivity index (χ0n) is 13.5. The Hall–Kier alpha value is -1.76. The Balaban J connectivity index is 2.99. The molecule has 1 rings (SSSR count). The van der Waals surface area contributed by atoms with Gasteiger partial charge in [-0.05, 0) is 25.5 Å². The molecule has 0 heterocycles. The predicted molar refractivity (Wildman–Crippen MR) is 87.7 cm³/mol. The van der Waals surface area contributed by atoms with E-state index < -0.39 is 10.0 Å². The SMILES string of the molecule is CCC[C@H](C)NC(=O)CN(c1ccccc1OC)S(C)(=O)=O. The summed E-state index contributed by atoms with van der Waals surface area (Å²) in [6, 6.07) is 6.73. The number of nitrogens with zero attached hydrogens (tertiary/aromatic N) is 1. The minimum absolute atomic E-state index is 0.0107. The molecule has 1 amide bonds. The second-order valence-electron chi connectivity index (χ2n) is 5.20. The van der Waals surface area contributed by atoms with Gasteiger partial charge in [-0.2, -0.15) is 0 Å². The summed E-state index contributed by atoms with van der Waals surface area (Å²) in [5.41, 5.74) is 0.353. The monoisotopic (exact) mass is 328 g/mol. The minimum Gasteiger partial charge on any atom is -0.495 e. The number of para-hydroxylation sites is 2. The van der Waals surface area contributed by atoms with Crippen LogP contribution in [-0.2, 0) is 14.8 Å². The molecule has 6 nitrogen and oxygen atoms in total. The van der Waals surface area contributed by atoms with Crippen LogP contribution in [0, 0.1) is 0 Å². The summed E-state index contributed by atoms with van der Waals surface area (Å²) in [6.45, 7) is 3.66. The molecule has 124 valence electrons. The third-order valence-corrected chi connectivity index (χ3v) is 4.30. The zero-order chi connectivity index (χ0) is 16.8. The van der Waals surface area contributed by atoms with Crippen molar-refractivity contribution in [1.82, 2.24) is 5.32 Å². The molecule has 0 radical (unpaired) electrons. The molecule has 0 spiro atoms. The highest BCUT2D eigenvalue weighted by molar-refractivity contribution is 7.92. The molecule has 22 heavy (non-hydrogen) atoms. The third-order valence-electron chi connectivity index (χ3n) is 3.17. The number of hydrogen-bond donors (Lipinski definition) is 1. The minimum atomic E-state index is -3.60. The fourth-order valence-corrected chi connectivity index (χ4v) is 3.03. The molecule has 0 unspecified atom stereocenters. The van der Waals surface area contributed by atoms with Gasteiger partial charge in [0.15, 0.2) is 0 Å². The maximum absolute atomic E-state index is 12.1. The fourth-order valence-electron chi connectivity index (χ4n) is 2.17. The molecule has 1 N–H and O–H groups in total. The maximum Gasteiger partial charge on any atom is 0.240 e. The Labute approximate surface area is 132 Å². The summed E-state index contributed by atoms with van der Waals surface area (Å²) >= 11 is 0. The predicted octanol–water partition coefficient (Wildman–Crippen LogP) is 1.77. The van der Waals surface area contributed by atoms with Crippen LogP contribution >= 0.6 is 0 Å². The summed E-state index contributed by atoms with van der Waals surface area (Å²) in [5, 5.41) is 2.80. The molecule has 1 aromatic rings. The Morgan fingerprint density at radius 2 is 2.00 bits per heavy atom. The van der Waals surface area contributed by atoms with Crippen molar-refractivity contribution in [1.29, 1.82) is 0 Å². The molecule has 0 aliphatic carbocycles. The number of anilines is 1.